The number of rotatable bonds is 1. The summed E-state index contributed by atoms with van der Waals surface area (Å²) in [7, 11) is 0. The molecule has 3 rings (SSSR count). The Morgan fingerprint density at radius 3 is 2.70 bits per heavy atom. The van der Waals surface area contributed by atoms with E-state index in [2.05, 4.69) is 26.8 Å². The van der Waals surface area contributed by atoms with E-state index in [1.165, 1.54) is 22.3 Å². The number of benzene rings is 1. The summed E-state index contributed by atoms with van der Waals surface area (Å²) in [4.78, 5) is 12.2. The van der Waals surface area contributed by atoms with Gasteiger partial charge in [-0.05, 0) is 66.5 Å². The molecule has 0 aromatic heterocycles. The highest BCUT2D eigenvalue weighted by atomic mass is 16.1. The van der Waals surface area contributed by atoms with Crippen molar-refractivity contribution in [3.05, 3.63) is 34.4 Å². The van der Waals surface area contributed by atoms with E-state index in [-0.39, 0.29) is 5.41 Å². The van der Waals surface area contributed by atoms with Crippen LogP contribution in [-0.4, -0.2) is 5.78 Å². The molecule has 1 aromatic rings. The van der Waals surface area contributed by atoms with E-state index in [4.69, 9.17) is 5.73 Å². The lowest BCUT2D eigenvalue weighted by Gasteiger charge is -2.38. The molecule has 1 aromatic carbocycles. The predicted octanol–water partition coefficient (Wildman–Crippen LogP) is 4.23. The third-order valence-corrected chi connectivity index (χ3v) is 5.81. The Bertz CT molecular complexity index is 641. The molecule has 0 saturated heterocycles. The van der Waals surface area contributed by atoms with Gasteiger partial charge in [-0.3, -0.25) is 4.79 Å². The largest absolute Gasteiger partial charge is 0.399 e. The quantitative estimate of drug-likeness (QED) is 0.775. The van der Waals surface area contributed by atoms with Gasteiger partial charge in [0.15, 0.2) is 5.78 Å². The Morgan fingerprint density at radius 1 is 1.35 bits per heavy atom. The molecular weight excluding hydrogens is 246 g/mol. The van der Waals surface area contributed by atoms with Gasteiger partial charge in [0, 0.05) is 17.5 Å². The van der Waals surface area contributed by atoms with Crippen molar-refractivity contribution >= 4 is 17.0 Å². The number of allylic oxidation sites excluding steroid dienone is 2. The Labute approximate surface area is 121 Å². The number of hydrogen-bond donors (Lipinski definition) is 1. The number of anilines is 1. The summed E-state index contributed by atoms with van der Waals surface area (Å²) in [5.41, 5.74) is 13.2. The predicted molar refractivity (Wildman–Crippen MR) is 83.6 cm³/mol. The smallest absolute Gasteiger partial charge is 0.158 e. The maximum Gasteiger partial charge on any atom is 0.158 e. The van der Waals surface area contributed by atoms with Gasteiger partial charge in [0.05, 0.1) is 0 Å². The van der Waals surface area contributed by atoms with Gasteiger partial charge in [-0.15, -0.1) is 0 Å². The van der Waals surface area contributed by atoms with Gasteiger partial charge >= 0.3 is 0 Å². The molecular formula is C18H23NO. The molecule has 2 aliphatic rings. The molecule has 0 fully saturated rings. The molecule has 0 amide bonds. The van der Waals surface area contributed by atoms with Gasteiger partial charge in [0.25, 0.3) is 0 Å². The standard InChI is InChI=1S/C18H23NO/c1-5-18-9-8-15(20)11(3)17(18)13-6-7-14(19)10(2)16(13)12(18)4/h6-7,12H,5,8-9,19H2,1-4H3/t12-,18+/m1/s1. The number of nitrogens with two attached hydrogens (primary N) is 1. The molecule has 0 heterocycles. The summed E-state index contributed by atoms with van der Waals surface area (Å²) >= 11 is 0. The van der Waals surface area contributed by atoms with Crippen LogP contribution in [0.4, 0.5) is 5.69 Å². The average Bonchev–Trinajstić information content (AvgIpc) is 2.69. The monoisotopic (exact) mass is 269 g/mol. The summed E-state index contributed by atoms with van der Waals surface area (Å²) in [6.07, 6.45) is 2.75. The number of fused-ring (bicyclic) bond motifs is 3. The van der Waals surface area contributed by atoms with Gasteiger partial charge in [-0.25, -0.2) is 0 Å². The van der Waals surface area contributed by atoms with E-state index in [0.29, 0.717) is 18.1 Å². The zero-order chi connectivity index (χ0) is 14.7. The summed E-state index contributed by atoms with van der Waals surface area (Å²) in [6.45, 7) is 8.69. The minimum absolute atomic E-state index is 0.138. The van der Waals surface area contributed by atoms with Gasteiger partial charge in [0.2, 0.25) is 0 Å². The number of carbonyl (C=O) groups excluding carboxylic acids is 1. The van der Waals surface area contributed by atoms with Crippen molar-refractivity contribution < 1.29 is 4.79 Å². The molecule has 0 saturated carbocycles. The SMILES string of the molecule is CC[C@@]12CCC(=O)C(C)=C1c1ccc(N)c(C)c1[C@H]2C. The van der Waals surface area contributed by atoms with Crippen molar-refractivity contribution in [2.75, 3.05) is 5.73 Å². The molecule has 2 nitrogen and oxygen atoms in total. The normalized spacial score (nSPS) is 28.6. The van der Waals surface area contributed by atoms with Crippen LogP contribution in [-0.2, 0) is 4.79 Å². The molecule has 0 bridgehead atoms. The average molecular weight is 269 g/mol. The van der Waals surface area contributed by atoms with Gasteiger partial charge in [0.1, 0.15) is 0 Å². The molecule has 2 N–H and O–H groups in total. The molecule has 20 heavy (non-hydrogen) atoms. The number of ketones is 1. The third-order valence-electron chi connectivity index (χ3n) is 5.81. The van der Waals surface area contributed by atoms with Crippen molar-refractivity contribution in [1.82, 2.24) is 0 Å². The maximum absolute atomic E-state index is 12.2. The molecule has 0 radical (unpaired) electrons. The number of Topliss-reactive ketones (excluding diaryl/α,β-unsaturated/α-hetero) is 1. The highest BCUT2D eigenvalue weighted by molar-refractivity contribution is 6.06. The fourth-order valence-electron chi connectivity index (χ4n) is 4.52. The summed E-state index contributed by atoms with van der Waals surface area (Å²) in [6, 6.07) is 4.12. The van der Waals surface area contributed by atoms with Crippen LogP contribution >= 0.6 is 0 Å². The first-order valence-corrected chi connectivity index (χ1v) is 7.58. The zero-order valence-electron chi connectivity index (χ0n) is 12.8. The number of nitrogen functional groups attached to an aromatic ring is 1. The van der Waals surface area contributed by atoms with Crippen LogP contribution in [0, 0.1) is 12.3 Å². The lowest BCUT2D eigenvalue weighted by molar-refractivity contribution is -0.116. The number of carbonyl (C=O) groups is 1. The van der Waals surface area contributed by atoms with Crippen molar-refractivity contribution in [3.8, 4) is 0 Å². The van der Waals surface area contributed by atoms with Crippen LogP contribution < -0.4 is 5.73 Å². The molecule has 2 heteroatoms. The first-order chi connectivity index (χ1) is 9.44. The molecule has 2 atom stereocenters. The summed E-state index contributed by atoms with van der Waals surface area (Å²) < 4.78 is 0. The Morgan fingerprint density at radius 2 is 2.05 bits per heavy atom. The second-order valence-electron chi connectivity index (χ2n) is 6.40. The third kappa shape index (κ3) is 1.42. The summed E-state index contributed by atoms with van der Waals surface area (Å²) in [5, 5.41) is 0. The van der Waals surface area contributed by atoms with Gasteiger partial charge in [-0.1, -0.05) is 19.9 Å². The van der Waals surface area contributed by atoms with Crippen molar-refractivity contribution in [3.63, 3.8) is 0 Å². The van der Waals surface area contributed by atoms with E-state index in [0.717, 1.165) is 24.1 Å². The fourth-order valence-corrected chi connectivity index (χ4v) is 4.52. The van der Waals surface area contributed by atoms with Crippen molar-refractivity contribution in [2.24, 2.45) is 5.41 Å². The van der Waals surface area contributed by atoms with E-state index in [9.17, 15) is 4.79 Å². The highest BCUT2D eigenvalue weighted by Crippen LogP contribution is 2.62. The molecule has 0 unspecified atom stereocenters. The van der Waals surface area contributed by atoms with Crippen LogP contribution in [0.2, 0.25) is 0 Å². The van der Waals surface area contributed by atoms with E-state index < -0.39 is 0 Å². The molecule has 0 spiro atoms. The van der Waals surface area contributed by atoms with E-state index >= 15 is 0 Å². The van der Waals surface area contributed by atoms with Crippen LogP contribution in [0.15, 0.2) is 17.7 Å². The van der Waals surface area contributed by atoms with Gasteiger partial charge in [-0.2, -0.15) is 0 Å². The van der Waals surface area contributed by atoms with Crippen LogP contribution in [0.5, 0.6) is 0 Å². The zero-order valence-corrected chi connectivity index (χ0v) is 12.8. The lowest BCUT2D eigenvalue weighted by Crippen LogP contribution is -2.29. The minimum Gasteiger partial charge on any atom is -0.399 e. The number of hydrogen-bond acceptors (Lipinski definition) is 2. The van der Waals surface area contributed by atoms with Crippen LogP contribution in [0.25, 0.3) is 5.57 Å². The molecule has 106 valence electrons. The lowest BCUT2D eigenvalue weighted by atomic mass is 9.64. The van der Waals surface area contributed by atoms with E-state index in [1.54, 1.807) is 0 Å². The first-order valence-electron chi connectivity index (χ1n) is 7.58. The molecule has 0 aliphatic heterocycles. The summed E-state index contributed by atoms with van der Waals surface area (Å²) in [5.74, 6) is 0.766. The van der Waals surface area contributed by atoms with Gasteiger partial charge < -0.3 is 5.73 Å². The Kier molecular flexibility index (Phi) is 2.82. The maximum atomic E-state index is 12.2. The van der Waals surface area contributed by atoms with Crippen molar-refractivity contribution in [2.45, 2.75) is 52.9 Å². The minimum atomic E-state index is 0.138. The van der Waals surface area contributed by atoms with Crippen LogP contribution in [0.3, 0.4) is 0 Å². The topological polar surface area (TPSA) is 43.1 Å². The van der Waals surface area contributed by atoms with Crippen molar-refractivity contribution in [1.29, 1.82) is 0 Å². The molecule has 2 aliphatic carbocycles. The fraction of sp³-hybridized carbons (Fsp3) is 0.500. The van der Waals surface area contributed by atoms with E-state index in [1.807, 2.05) is 13.0 Å². The second kappa shape index (κ2) is 4.21. The second-order valence-corrected chi connectivity index (χ2v) is 6.40. The highest BCUT2D eigenvalue weighted by Gasteiger charge is 2.50. The van der Waals surface area contributed by atoms with Crippen LogP contribution in [0.1, 0.15) is 62.6 Å². The first kappa shape index (κ1) is 13.4. The Balaban J connectivity index is 2.38. The Hall–Kier alpha value is -1.57.